The predicted molar refractivity (Wildman–Crippen MR) is 113 cm³/mol. The lowest BCUT2D eigenvalue weighted by Gasteiger charge is -2.28. The molecule has 27 heavy (non-hydrogen) atoms. The van der Waals surface area contributed by atoms with Crippen molar-refractivity contribution in [3.05, 3.63) is 17.0 Å². The molecular weight excluding hydrogens is 358 g/mol. The Bertz CT molecular complexity index is 622. The Morgan fingerprint density at radius 1 is 1.26 bits per heavy atom. The Balaban J connectivity index is 1.68. The van der Waals surface area contributed by atoms with E-state index in [1.54, 1.807) is 0 Å². The monoisotopic (exact) mass is 393 g/mol. The fraction of sp³-hybridized carbons (Fsp3) is 0.800. The Morgan fingerprint density at radius 3 is 2.67 bits per heavy atom. The van der Waals surface area contributed by atoms with E-state index in [-0.39, 0.29) is 5.91 Å². The van der Waals surface area contributed by atoms with Gasteiger partial charge in [0.2, 0.25) is 0 Å². The number of likely N-dealkylation sites (N-methyl/N-ethyl adjacent to an activating group) is 1. The van der Waals surface area contributed by atoms with Crippen LogP contribution >= 0.6 is 11.8 Å². The van der Waals surface area contributed by atoms with Crippen molar-refractivity contribution in [1.29, 1.82) is 0 Å². The number of aryl methyl sites for hydroxylation is 1. The van der Waals surface area contributed by atoms with Gasteiger partial charge in [0.15, 0.2) is 5.69 Å². The first-order valence-corrected chi connectivity index (χ1v) is 11.7. The minimum absolute atomic E-state index is 0.141. The first kappa shape index (κ1) is 20.7. The van der Waals surface area contributed by atoms with E-state index >= 15 is 0 Å². The normalized spacial score (nSPS) is 20.1. The van der Waals surface area contributed by atoms with Crippen molar-refractivity contribution >= 4 is 17.7 Å². The number of thioether (sulfide) groups is 1. The van der Waals surface area contributed by atoms with E-state index in [0.29, 0.717) is 11.7 Å². The second-order valence-corrected chi connectivity index (χ2v) is 8.64. The van der Waals surface area contributed by atoms with Gasteiger partial charge in [-0.25, -0.2) is 0 Å². The largest absolute Gasteiger partial charge is 0.336 e. The van der Waals surface area contributed by atoms with Crippen LogP contribution in [0.15, 0.2) is 0 Å². The Hall–Kier alpha value is -1.05. The van der Waals surface area contributed by atoms with E-state index in [4.69, 9.17) is 5.10 Å². The molecule has 1 N–H and O–H groups in total. The molecular formula is C20H35N5OS. The molecule has 1 aromatic rings. The predicted octanol–water partition coefficient (Wildman–Crippen LogP) is 1.88. The minimum Gasteiger partial charge on any atom is -0.336 e. The molecule has 1 saturated heterocycles. The average Bonchev–Trinajstić information content (AvgIpc) is 3.09. The Kier molecular flexibility index (Phi) is 7.61. The van der Waals surface area contributed by atoms with Gasteiger partial charge in [-0.15, -0.1) is 0 Å². The molecule has 0 spiro atoms. The number of amides is 1. The van der Waals surface area contributed by atoms with Crippen LogP contribution in [0.2, 0.25) is 0 Å². The van der Waals surface area contributed by atoms with Crippen LogP contribution in [0.3, 0.4) is 0 Å². The number of nitrogens with one attached hydrogen (secondary N) is 1. The third-order valence-corrected chi connectivity index (χ3v) is 6.84. The molecule has 1 fully saturated rings. The third kappa shape index (κ3) is 4.87. The molecule has 1 aliphatic carbocycles. The van der Waals surface area contributed by atoms with Crippen LogP contribution < -0.4 is 5.32 Å². The van der Waals surface area contributed by atoms with E-state index in [1.807, 2.05) is 16.7 Å². The SMILES string of the molecule is CCN(CC)CCN[C@@H]1CCc2c(c(C(=O)N3CCSCC3)nn2CC)C1. The van der Waals surface area contributed by atoms with Crippen LogP contribution in [-0.4, -0.2) is 82.3 Å². The number of fused-ring (bicyclic) bond motifs is 1. The van der Waals surface area contributed by atoms with Gasteiger partial charge in [0, 0.05) is 61.5 Å². The van der Waals surface area contributed by atoms with Gasteiger partial charge in [0.05, 0.1) is 0 Å². The maximum atomic E-state index is 13.1. The summed E-state index contributed by atoms with van der Waals surface area (Å²) < 4.78 is 2.06. The van der Waals surface area contributed by atoms with Gasteiger partial charge in [-0.2, -0.15) is 16.9 Å². The number of carbonyl (C=O) groups is 1. The number of nitrogens with zero attached hydrogens (tertiary/aromatic N) is 4. The van der Waals surface area contributed by atoms with Crippen LogP contribution in [0.5, 0.6) is 0 Å². The van der Waals surface area contributed by atoms with Crippen LogP contribution in [0.4, 0.5) is 0 Å². The van der Waals surface area contributed by atoms with E-state index in [9.17, 15) is 4.79 Å². The van der Waals surface area contributed by atoms with Gasteiger partial charge in [0.1, 0.15) is 0 Å². The molecule has 2 aliphatic rings. The molecule has 0 saturated carbocycles. The second-order valence-electron chi connectivity index (χ2n) is 7.41. The lowest BCUT2D eigenvalue weighted by Crippen LogP contribution is -2.41. The quantitative estimate of drug-likeness (QED) is 0.731. The van der Waals surface area contributed by atoms with Crippen LogP contribution in [0.25, 0.3) is 0 Å². The Labute approximate surface area is 168 Å². The van der Waals surface area contributed by atoms with E-state index in [2.05, 4.69) is 35.7 Å². The number of aromatic nitrogens is 2. The molecule has 0 radical (unpaired) electrons. The van der Waals surface area contributed by atoms with Crippen molar-refractivity contribution in [2.45, 2.75) is 52.6 Å². The van der Waals surface area contributed by atoms with Crippen molar-refractivity contribution in [3.8, 4) is 0 Å². The zero-order valence-corrected chi connectivity index (χ0v) is 18.0. The molecule has 152 valence electrons. The number of rotatable bonds is 8. The standard InChI is InChI=1S/C20H35N5OS/c1-4-23(5-2)10-9-21-16-7-8-18-17(15-16)19(22-25(18)6-3)20(26)24-11-13-27-14-12-24/h16,21H,4-15H2,1-3H3/t16-/m1/s1. The van der Waals surface area contributed by atoms with Gasteiger partial charge in [-0.05, 0) is 39.3 Å². The molecule has 1 atom stereocenters. The minimum atomic E-state index is 0.141. The summed E-state index contributed by atoms with van der Waals surface area (Å²) in [6.45, 7) is 13.4. The summed E-state index contributed by atoms with van der Waals surface area (Å²) >= 11 is 1.93. The van der Waals surface area contributed by atoms with Gasteiger partial charge in [0.25, 0.3) is 5.91 Å². The van der Waals surface area contributed by atoms with E-state index < -0.39 is 0 Å². The van der Waals surface area contributed by atoms with Crippen molar-refractivity contribution in [1.82, 2.24) is 24.9 Å². The summed E-state index contributed by atoms with van der Waals surface area (Å²) in [5.41, 5.74) is 3.20. The summed E-state index contributed by atoms with van der Waals surface area (Å²) in [6.07, 6.45) is 3.07. The molecule has 7 heteroatoms. The van der Waals surface area contributed by atoms with Crippen LogP contribution in [0.1, 0.15) is 48.9 Å². The third-order valence-electron chi connectivity index (χ3n) is 5.90. The first-order chi connectivity index (χ1) is 13.2. The summed E-state index contributed by atoms with van der Waals surface area (Å²) in [7, 11) is 0. The maximum absolute atomic E-state index is 13.1. The highest BCUT2D eigenvalue weighted by molar-refractivity contribution is 7.99. The summed E-state index contributed by atoms with van der Waals surface area (Å²) in [5.74, 6) is 2.22. The van der Waals surface area contributed by atoms with Gasteiger partial charge in [-0.1, -0.05) is 13.8 Å². The summed E-state index contributed by atoms with van der Waals surface area (Å²) in [5, 5.41) is 8.47. The van der Waals surface area contributed by atoms with Crippen molar-refractivity contribution in [2.24, 2.45) is 0 Å². The van der Waals surface area contributed by atoms with Crippen LogP contribution in [-0.2, 0) is 19.4 Å². The summed E-state index contributed by atoms with van der Waals surface area (Å²) in [6, 6.07) is 0.450. The van der Waals surface area contributed by atoms with Gasteiger partial charge < -0.3 is 15.1 Å². The molecule has 0 bridgehead atoms. The van der Waals surface area contributed by atoms with E-state index in [1.165, 1.54) is 11.3 Å². The van der Waals surface area contributed by atoms with E-state index in [0.717, 1.165) is 76.6 Å². The lowest BCUT2D eigenvalue weighted by molar-refractivity contribution is 0.0764. The van der Waals surface area contributed by atoms with Crippen molar-refractivity contribution in [2.75, 3.05) is 50.8 Å². The number of hydrogen-bond acceptors (Lipinski definition) is 5. The fourth-order valence-corrected chi connectivity index (χ4v) is 5.08. The average molecular weight is 394 g/mol. The maximum Gasteiger partial charge on any atom is 0.274 e. The highest BCUT2D eigenvalue weighted by Gasteiger charge is 2.31. The Morgan fingerprint density at radius 2 is 2.00 bits per heavy atom. The van der Waals surface area contributed by atoms with Crippen molar-refractivity contribution < 1.29 is 4.79 Å². The summed E-state index contributed by atoms with van der Waals surface area (Å²) in [4.78, 5) is 17.5. The molecule has 6 nitrogen and oxygen atoms in total. The van der Waals surface area contributed by atoms with Gasteiger partial charge >= 0.3 is 0 Å². The zero-order chi connectivity index (χ0) is 19.2. The topological polar surface area (TPSA) is 53.4 Å². The number of carbonyl (C=O) groups excluding carboxylic acids is 1. The fourth-order valence-electron chi connectivity index (χ4n) is 4.18. The lowest BCUT2D eigenvalue weighted by atomic mass is 9.91. The molecule has 1 aromatic heterocycles. The highest BCUT2D eigenvalue weighted by atomic mass is 32.2. The molecule has 0 aromatic carbocycles. The first-order valence-electron chi connectivity index (χ1n) is 10.6. The highest BCUT2D eigenvalue weighted by Crippen LogP contribution is 2.26. The second kappa shape index (κ2) is 9.94. The van der Waals surface area contributed by atoms with Gasteiger partial charge in [-0.3, -0.25) is 9.48 Å². The molecule has 0 unspecified atom stereocenters. The van der Waals surface area contributed by atoms with Crippen molar-refractivity contribution in [3.63, 3.8) is 0 Å². The molecule has 2 heterocycles. The van der Waals surface area contributed by atoms with Crippen LogP contribution in [0, 0.1) is 0 Å². The smallest absolute Gasteiger partial charge is 0.274 e. The zero-order valence-electron chi connectivity index (χ0n) is 17.2. The number of hydrogen-bond donors (Lipinski definition) is 1. The molecule has 3 rings (SSSR count). The molecule has 1 amide bonds. The molecule has 1 aliphatic heterocycles.